The number of nitrogens with zero attached hydrogens (tertiary/aromatic N) is 2. The van der Waals surface area contributed by atoms with Gasteiger partial charge >= 0.3 is 0 Å². The third kappa shape index (κ3) is 2.80. The van der Waals surface area contributed by atoms with E-state index in [2.05, 4.69) is 16.1 Å². The van der Waals surface area contributed by atoms with Crippen molar-refractivity contribution in [2.24, 2.45) is 5.92 Å². The highest BCUT2D eigenvalue weighted by Crippen LogP contribution is 2.35. The van der Waals surface area contributed by atoms with Crippen molar-refractivity contribution in [3.05, 3.63) is 35.6 Å². The van der Waals surface area contributed by atoms with Crippen LogP contribution in [0.1, 0.15) is 18.6 Å². The van der Waals surface area contributed by atoms with E-state index in [-0.39, 0.29) is 0 Å². The number of hydrogen-bond acceptors (Lipinski definition) is 5. The first-order chi connectivity index (χ1) is 11.8. The zero-order valence-corrected chi connectivity index (χ0v) is 14.1. The summed E-state index contributed by atoms with van der Waals surface area (Å²) < 4.78 is 16.3. The number of fused-ring (bicyclic) bond motifs is 3. The number of benzene rings is 1. The van der Waals surface area contributed by atoms with E-state index in [1.165, 1.54) is 31.5 Å². The second-order valence-electron chi connectivity index (χ2n) is 6.45. The first-order valence-corrected chi connectivity index (χ1v) is 8.39. The Hall–Kier alpha value is -2.27. The van der Waals surface area contributed by atoms with E-state index in [0.717, 1.165) is 35.1 Å². The van der Waals surface area contributed by atoms with Crippen LogP contribution in [-0.2, 0) is 0 Å². The number of ether oxygens (including phenoxy) is 2. The second kappa shape index (κ2) is 6.32. The maximum absolute atomic E-state index is 5.55. The van der Waals surface area contributed by atoms with Gasteiger partial charge < -0.3 is 14.0 Å². The van der Waals surface area contributed by atoms with Crippen molar-refractivity contribution in [1.29, 1.82) is 0 Å². The Morgan fingerprint density at radius 2 is 2.00 bits per heavy atom. The minimum absolute atomic E-state index is 0.707. The Kier molecular flexibility index (Phi) is 4.02. The minimum atomic E-state index is 0.707. The van der Waals surface area contributed by atoms with Gasteiger partial charge in [-0.05, 0) is 55.6 Å². The van der Waals surface area contributed by atoms with E-state index in [1.54, 1.807) is 14.2 Å². The highest BCUT2D eigenvalue weighted by molar-refractivity contribution is 5.70. The molecule has 3 aliphatic rings. The van der Waals surface area contributed by atoms with Gasteiger partial charge in [0.15, 0.2) is 5.76 Å². The summed E-state index contributed by atoms with van der Waals surface area (Å²) in [6.45, 7) is 3.52. The van der Waals surface area contributed by atoms with Crippen molar-refractivity contribution in [3.8, 4) is 22.8 Å². The Bertz CT molecular complexity index is 758. The molecule has 126 valence electrons. The summed E-state index contributed by atoms with van der Waals surface area (Å²) in [5, 5.41) is 4.22. The monoisotopic (exact) mass is 326 g/mol. The molecule has 0 atom stereocenters. The molecule has 2 aromatic rings. The fourth-order valence-corrected chi connectivity index (χ4v) is 3.69. The van der Waals surface area contributed by atoms with Crippen molar-refractivity contribution < 1.29 is 14.0 Å². The van der Waals surface area contributed by atoms with Crippen molar-refractivity contribution in [1.82, 2.24) is 10.1 Å². The molecule has 0 amide bonds. The van der Waals surface area contributed by atoms with E-state index >= 15 is 0 Å². The third-order valence-electron chi connectivity index (χ3n) is 5.06. The zero-order chi connectivity index (χ0) is 16.5. The standard InChI is InChI=1S/C19H22N2O3/c1-22-15-3-4-17(19(11-15)23-2)18-10-16(24-20-18)9-14-12-21-7-5-13(14)6-8-21/h3-4,9-11,13H,5-8,12H2,1-2H3/b14-9-. The van der Waals surface area contributed by atoms with E-state index in [0.29, 0.717) is 5.92 Å². The second-order valence-corrected chi connectivity index (χ2v) is 6.45. The Labute approximate surface area is 141 Å². The van der Waals surface area contributed by atoms with Gasteiger partial charge in [-0.25, -0.2) is 0 Å². The van der Waals surface area contributed by atoms with Crippen LogP contribution in [-0.4, -0.2) is 43.9 Å². The van der Waals surface area contributed by atoms with Crippen LogP contribution in [0.2, 0.25) is 0 Å². The molecule has 0 spiro atoms. The highest BCUT2D eigenvalue weighted by Gasteiger charge is 2.29. The van der Waals surface area contributed by atoms with E-state index in [1.807, 2.05) is 24.3 Å². The molecule has 4 heterocycles. The molecule has 5 nitrogen and oxygen atoms in total. The summed E-state index contributed by atoms with van der Waals surface area (Å²) in [5.74, 6) is 3.00. The maximum atomic E-state index is 5.55. The summed E-state index contributed by atoms with van der Waals surface area (Å²) in [6, 6.07) is 7.68. The lowest BCUT2D eigenvalue weighted by Crippen LogP contribution is -2.42. The van der Waals surface area contributed by atoms with Crippen LogP contribution in [0.25, 0.3) is 17.3 Å². The topological polar surface area (TPSA) is 47.7 Å². The van der Waals surface area contributed by atoms with Gasteiger partial charge in [-0.15, -0.1) is 0 Å². The average molecular weight is 326 g/mol. The zero-order valence-electron chi connectivity index (χ0n) is 14.1. The van der Waals surface area contributed by atoms with Gasteiger partial charge in [0.1, 0.15) is 17.2 Å². The normalized spacial score (nSPS) is 24.3. The molecule has 24 heavy (non-hydrogen) atoms. The molecule has 0 aliphatic carbocycles. The lowest BCUT2D eigenvalue weighted by Gasteiger charge is -2.40. The molecule has 1 aromatic heterocycles. The molecule has 5 heteroatoms. The summed E-state index contributed by atoms with van der Waals surface area (Å²) in [6.07, 6.45) is 4.70. The summed E-state index contributed by atoms with van der Waals surface area (Å²) in [4.78, 5) is 2.51. The molecule has 5 rings (SSSR count). The molecular formula is C19H22N2O3. The maximum Gasteiger partial charge on any atom is 0.160 e. The molecule has 0 radical (unpaired) electrons. The van der Waals surface area contributed by atoms with Crippen molar-refractivity contribution in [2.75, 3.05) is 33.9 Å². The lowest BCUT2D eigenvalue weighted by atomic mass is 9.83. The van der Waals surface area contributed by atoms with E-state index < -0.39 is 0 Å². The van der Waals surface area contributed by atoms with Gasteiger partial charge in [-0.1, -0.05) is 5.16 Å². The fraction of sp³-hybridized carbons (Fsp3) is 0.421. The van der Waals surface area contributed by atoms with Gasteiger partial charge in [-0.2, -0.15) is 0 Å². The van der Waals surface area contributed by atoms with Crippen LogP contribution in [0, 0.1) is 5.92 Å². The van der Waals surface area contributed by atoms with E-state index in [9.17, 15) is 0 Å². The molecule has 1 aromatic carbocycles. The first-order valence-electron chi connectivity index (χ1n) is 8.39. The van der Waals surface area contributed by atoms with Crippen LogP contribution >= 0.6 is 0 Å². The molecular weight excluding hydrogens is 304 g/mol. The smallest absolute Gasteiger partial charge is 0.160 e. The third-order valence-corrected chi connectivity index (χ3v) is 5.06. The predicted molar refractivity (Wildman–Crippen MR) is 92.2 cm³/mol. The summed E-state index contributed by atoms with van der Waals surface area (Å²) in [5.41, 5.74) is 3.15. The van der Waals surface area contributed by atoms with Crippen LogP contribution in [0.3, 0.4) is 0 Å². The largest absolute Gasteiger partial charge is 0.497 e. The lowest BCUT2D eigenvalue weighted by molar-refractivity contribution is 0.163. The number of piperidine rings is 3. The molecule has 0 saturated carbocycles. The van der Waals surface area contributed by atoms with Crippen LogP contribution < -0.4 is 9.47 Å². The number of hydrogen-bond donors (Lipinski definition) is 0. The van der Waals surface area contributed by atoms with Crippen LogP contribution in [0.5, 0.6) is 11.5 Å². The number of aromatic nitrogens is 1. The SMILES string of the molecule is COc1ccc(-c2cc(/C=C3/CN4CCC3CC4)on2)c(OC)c1. The van der Waals surface area contributed by atoms with E-state index in [4.69, 9.17) is 14.0 Å². The summed E-state index contributed by atoms with van der Waals surface area (Å²) in [7, 11) is 3.29. The molecule has 0 N–H and O–H groups in total. The molecule has 0 unspecified atom stereocenters. The Morgan fingerprint density at radius 3 is 2.67 bits per heavy atom. The van der Waals surface area contributed by atoms with Gasteiger partial charge in [0.25, 0.3) is 0 Å². The van der Waals surface area contributed by atoms with Crippen molar-refractivity contribution in [3.63, 3.8) is 0 Å². The van der Waals surface area contributed by atoms with Crippen LogP contribution in [0.4, 0.5) is 0 Å². The number of methoxy groups -OCH3 is 2. The molecule has 3 aliphatic heterocycles. The first kappa shape index (κ1) is 15.3. The van der Waals surface area contributed by atoms with Crippen molar-refractivity contribution in [2.45, 2.75) is 12.8 Å². The molecule has 3 fully saturated rings. The highest BCUT2D eigenvalue weighted by atomic mass is 16.5. The Morgan fingerprint density at radius 1 is 1.17 bits per heavy atom. The van der Waals surface area contributed by atoms with Gasteiger partial charge in [0.2, 0.25) is 0 Å². The predicted octanol–water partition coefficient (Wildman–Crippen LogP) is 3.47. The molecule has 3 saturated heterocycles. The van der Waals surface area contributed by atoms with Gasteiger partial charge in [-0.3, -0.25) is 4.90 Å². The quantitative estimate of drug-likeness (QED) is 0.861. The van der Waals surface area contributed by atoms with Crippen LogP contribution in [0.15, 0.2) is 34.4 Å². The van der Waals surface area contributed by atoms with Gasteiger partial charge in [0, 0.05) is 24.2 Å². The number of rotatable bonds is 4. The Balaban J connectivity index is 1.61. The fourth-order valence-electron chi connectivity index (χ4n) is 3.69. The average Bonchev–Trinajstić information content (AvgIpc) is 3.10. The molecule has 2 bridgehead atoms. The van der Waals surface area contributed by atoms with Crippen molar-refractivity contribution >= 4 is 6.08 Å². The van der Waals surface area contributed by atoms with Gasteiger partial charge in [0.05, 0.1) is 14.2 Å². The minimum Gasteiger partial charge on any atom is -0.497 e. The summed E-state index contributed by atoms with van der Waals surface area (Å²) >= 11 is 0.